The van der Waals surface area contributed by atoms with E-state index in [0.717, 1.165) is 77.9 Å². The van der Waals surface area contributed by atoms with E-state index in [4.69, 9.17) is 11.6 Å². The van der Waals surface area contributed by atoms with Gasteiger partial charge in [-0.3, -0.25) is 4.79 Å². The molecule has 188 valence electrons. The summed E-state index contributed by atoms with van der Waals surface area (Å²) in [6.45, 7) is 12.5. The maximum Gasteiger partial charge on any atom is 0.240 e. The zero-order valence-corrected chi connectivity index (χ0v) is 21.5. The van der Waals surface area contributed by atoms with Crippen LogP contribution in [0, 0.1) is 0 Å². The number of aliphatic imine (C=N–C) groups is 1. The van der Waals surface area contributed by atoms with Crippen molar-refractivity contribution in [2.45, 2.75) is 38.1 Å². The van der Waals surface area contributed by atoms with E-state index < -0.39 is 0 Å². The van der Waals surface area contributed by atoms with E-state index in [1.165, 1.54) is 19.3 Å². The summed E-state index contributed by atoms with van der Waals surface area (Å²) in [5.41, 5.74) is 5.80. The zero-order chi connectivity index (χ0) is 25.1. The molecule has 1 N–H and O–H groups in total. The van der Waals surface area contributed by atoms with Gasteiger partial charge in [-0.25, -0.2) is 4.99 Å². The normalized spacial score (nSPS) is 18.2. The van der Waals surface area contributed by atoms with E-state index in [2.05, 4.69) is 51.5 Å². The van der Waals surface area contributed by atoms with E-state index in [1.54, 1.807) is 6.34 Å². The molecule has 2 aliphatic heterocycles. The second-order valence-electron chi connectivity index (χ2n) is 9.85. The quantitative estimate of drug-likeness (QED) is 0.563. The van der Waals surface area contributed by atoms with Gasteiger partial charge in [-0.05, 0) is 48.7 Å². The Balaban J connectivity index is 1.21. The molecule has 2 aromatic rings. The lowest BCUT2D eigenvalue weighted by Crippen LogP contribution is -2.45. The molecule has 1 saturated carbocycles. The average molecular weight is 504 g/mol. The largest absolute Gasteiger partial charge is 0.368 e. The SMILES string of the molecule is C=C1c2cc(C(=C)N3CCN(c4cccc(Cl)c4)CC3)ccc2N=CN1CC(=O)NC1CCCCC1. The minimum Gasteiger partial charge on any atom is -0.368 e. The molecule has 5 rings (SSSR count). The summed E-state index contributed by atoms with van der Waals surface area (Å²) in [7, 11) is 0. The van der Waals surface area contributed by atoms with Gasteiger partial charge in [0, 0.05) is 59.9 Å². The standard InChI is InChI=1S/C29H34ClN5O/c1-21(33-13-15-34(16-14-33)26-10-6-7-24(30)18-26)23-11-12-28-27(17-23)22(2)35(20-31-28)19-29(36)32-25-8-4-3-5-9-25/h6-7,10-12,17-18,20,25H,1-5,8-9,13-16,19H2,(H,32,36). The van der Waals surface area contributed by atoms with E-state index in [0.29, 0.717) is 6.04 Å². The van der Waals surface area contributed by atoms with Gasteiger partial charge < -0.3 is 20.0 Å². The Hall–Kier alpha value is -3.25. The van der Waals surface area contributed by atoms with Gasteiger partial charge in [0.25, 0.3) is 0 Å². The summed E-state index contributed by atoms with van der Waals surface area (Å²) in [4.78, 5) is 23.8. The molecular weight excluding hydrogens is 470 g/mol. The first-order valence-electron chi connectivity index (χ1n) is 12.9. The van der Waals surface area contributed by atoms with Crippen LogP contribution >= 0.6 is 11.6 Å². The number of halogens is 1. The molecule has 2 aromatic carbocycles. The number of carbonyl (C=O) groups is 1. The van der Waals surface area contributed by atoms with Crippen molar-refractivity contribution in [1.82, 2.24) is 15.1 Å². The summed E-state index contributed by atoms with van der Waals surface area (Å²) in [5, 5.41) is 3.95. The average Bonchev–Trinajstić information content (AvgIpc) is 2.90. The Labute approximate surface area is 218 Å². The van der Waals surface area contributed by atoms with E-state index in [9.17, 15) is 4.79 Å². The van der Waals surface area contributed by atoms with Crippen LogP contribution in [0.15, 0.2) is 60.6 Å². The fraction of sp³-hybridized carbons (Fsp3) is 0.379. The number of anilines is 1. The summed E-state index contributed by atoms with van der Waals surface area (Å²) in [6, 6.07) is 14.5. The first kappa shape index (κ1) is 24.4. The molecular formula is C29H34ClN5O. The molecule has 0 spiro atoms. The van der Waals surface area contributed by atoms with Crippen molar-refractivity contribution in [2.24, 2.45) is 4.99 Å². The van der Waals surface area contributed by atoms with Crippen molar-refractivity contribution >= 4 is 46.6 Å². The number of nitrogens with zero attached hydrogens (tertiary/aromatic N) is 4. The van der Waals surface area contributed by atoms with E-state index in [1.807, 2.05) is 29.2 Å². The van der Waals surface area contributed by atoms with Crippen LogP contribution < -0.4 is 10.2 Å². The molecule has 2 heterocycles. The van der Waals surface area contributed by atoms with Gasteiger partial charge in [-0.2, -0.15) is 0 Å². The number of hydrogen-bond donors (Lipinski definition) is 1. The van der Waals surface area contributed by atoms with Gasteiger partial charge in [-0.15, -0.1) is 0 Å². The van der Waals surface area contributed by atoms with E-state index in [-0.39, 0.29) is 12.5 Å². The molecule has 0 bridgehead atoms. The Morgan fingerprint density at radius 1 is 1.06 bits per heavy atom. The highest BCUT2D eigenvalue weighted by atomic mass is 35.5. The highest BCUT2D eigenvalue weighted by Gasteiger charge is 2.24. The molecule has 1 saturated heterocycles. The fourth-order valence-electron chi connectivity index (χ4n) is 5.32. The third kappa shape index (κ3) is 5.44. The van der Waals surface area contributed by atoms with Crippen LogP contribution in [0.4, 0.5) is 11.4 Å². The highest BCUT2D eigenvalue weighted by Crippen LogP contribution is 2.34. The lowest BCUT2D eigenvalue weighted by molar-refractivity contribution is -0.121. The van der Waals surface area contributed by atoms with Crippen LogP contribution in [0.1, 0.15) is 43.2 Å². The molecule has 6 nitrogen and oxygen atoms in total. The summed E-state index contributed by atoms with van der Waals surface area (Å²) < 4.78 is 0. The topological polar surface area (TPSA) is 51.2 Å². The fourth-order valence-corrected chi connectivity index (χ4v) is 5.50. The molecule has 2 fully saturated rings. The lowest BCUT2D eigenvalue weighted by Gasteiger charge is -2.38. The van der Waals surface area contributed by atoms with Gasteiger partial charge in [-0.1, -0.05) is 56.2 Å². The second kappa shape index (κ2) is 10.8. The Bertz CT molecular complexity index is 1180. The first-order chi connectivity index (χ1) is 17.5. The number of rotatable bonds is 6. The molecule has 3 aliphatic rings. The van der Waals surface area contributed by atoms with Crippen LogP contribution in [0.2, 0.25) is 5.02 Å². The predicted octanol–water partition coefficient (Wildman–Crippen LogP) is 5.53. The Morgan fingerprint density at radius 2 is 1.83 bits per heavy atom. The van der Waals surface area contributed by atoms with Crippen molar-refractivity contribution in [3.63, 3.8) is 0 Å². The molecule has 0 radical (unpaired) electrons. The summed E-state index contributed by atoms with van der Waals surface area (Å²) in [5.74, 6) is 0.0242. The zero-order valence-electron chi connectivity index (χ0n) is 20.8. The number of carbonyl (C=O) groups excluding carboxylic acids is 1. The molecule has 7 heteroatoms. The van der Waals surface area contributed by atoms with Crippen molar-refractivity contribution in [3.8, 4) is 0 Å². The number of piperazine rings is 1. The van der Waals surface area contributed by atoms with Crippen LogP contribution in [-0.4, -0.2) is 60.8 Å². The molecule has 36 heavy (non-hydrogen) atoms. The van der Waals surface area contributed by atoms with Crippen LogP contribution in [-0.2, 0) is 4.79 Å². The Morgan fingerprint density at radius 3 is 2.58 bits per heavy atom. The monoisotopic (exact) mass is 503 g/mol. The molecule has 1 amide bonds. The second-order valence-corrected chi connectivity index (χ2v) is 10.3. The third-order valence-electron chi connectivity index (χ3n) is 7.44. The number of amides is 1. The van der Waals surface area contributed by atoms with Gasteiger partial charge in [0.2, 0.25) is 5.91 Å². The minimum absolute atomic E-state index is 0.0242. The highest BCUT2D eigenvalue weighted by molar-refractivity contribution is 6.30. The molecule has 0 unspecified atom stereocenters. The van der Waals surface area contributed by atoms with Crippen LogP contribution in [0.5, 0.6) is 0 Å². The maximum atomic E-state index is 12.7. The van der Waals surface area contributed by atoms with Gasteiger partial charge in [0.1, 0.15) is 6.54 Å². The predicted molar refractivity (Wildman–Crippen MR) is 150 cm³/mol. The first-order valence-corrected chi connectivity index (χ1v) is 13.2. The van der Waals surface area contributed by atoms with Crippen molar-refractivity contribution in [1.29, 1.82) is 0 Å². The smallest absolute Gasteiger partial charge is 0.240 e. The van der Waals surface area contributed by atoms with Crippen molar-refractivity contribution in [2.75, 3.05) is 37.6 Å². The van der Waals surface area contributed by atoms with Gasteiger partial charge >= 0.3 is 0 Å². The van der Waals surface area contributed by atoms with Crippen molar-refractivity contribution < 1.29 is 4.79 Å². The van der Waals surface area contributed by atoms with Gasteiger partial charge in [0.15, 0.2) is 0 Å². The maximum absolute atomic E-state index is 12.7. The summed E-state index contributed by atoms with van der Waals surface area (Å²) in [6.07, 6.45) is 7.51. The van der Waals surface area contributed by atoms with Crippen molar-refractivity contribution in [3.05, 3.63) is 71.8 Å². The van der Waals surface area contributed by atoms with Gasteiger partial charge in [0.05, 0.1) is 12.0 Å². The number of benzene rings is 2. The van der Waals surface area contributed by atoms with Crippen LogP contribution in [0.25, 0.3) is 11.4 Å². The number of fused-ring (bicyclic) bond motifs is 1. The lowest BCUT2D eigenvalue weighted by atomic mass is 9.95. The summed E-state index contributed by atoms with van der Waals surface area (Å²) >= 11 is 6.18. The van der Waals surface area contributed by atoms with E-state index >= 15 is 0 Å². The minimum atomic E-state index is 0.0242. The molecule has 0 aromatic heterocycles. The number of hydrogen-bond acceptors (Lipinski definition) is 5. The molecule has 0 atom stereocenters. The Kier molecular flexibility index (Phi) is 7.33. The number of nitrogens with one attached hydrogen (secondary N) is 1. The third-order valence-corrected chi connectivity index (χ3v) is 7.68. The molecule has 1 aliphatic carbocycles. The van der Waals surface area contributed by atoms with Crippen LogP contribution in [0.3, 0.4) is 0 Å².